The Balaban J connectivity index is 3.35. The molecule has 0 bridgehead atoms. The van der Waals surface area contributed by atoms with Gasteiger partial charge in [0.2, 0.25) is 5.91 Å². The number of anilines is 1. The van der Waals surface area contributed by atoms with Gasteiger partial charge in [-0.3, -0.25) is 4.79 Å². The molecule has 0 spiro atoms. The fourth-order valence-electron chi connectivity index (χ4n) is 1.80. The van der Waals surface area contributed by atoms with Crippen LogP contribution in [-0.4, -0.2) is 27.9 Å². The first kappa shape index (κ1) is 24.2. The molecule has 7 heteroatoms. The predicted octanol–water partition coefficient (Wildman–Crippen LogP) is 6.79. The van der Waals surface area contributed by atoms with Crippen molar-refractivity contribution in [1.82, 2.24) is 0 Å². The van der Waals surface area contributed by atoms with Crippen molar-refractivity contribution < 1.29 is 13.6 Å². The SMILES string of the molecule is CC(C)(C)[Si](C)(C)Oc1ccc(NC(=O)CBr)cc1O[Si](C)(C)C(C)(C)C. The van der Waals surface area contributed by atoms with Crippen molar-refractivity contribution in [2.45, 2.75) is 77.8 Å². The summed E-state index contributed by atoms with van der Waals surface area (Å²) in [7, 11) is -4.07. The number of nitrogens with one attached hydrogen (secondary N) is 1. The van der Waals surface area contributed by atoms with Crippen LogP contribution >= 0.6 is 15.9 Å². The first-order chi connectivity index (χ1) is 12.0. The molecule has 0 aliphatic carbocycles. The van der Waals surface area contributed by atoms with Crippen LogP contribution in [0, 0.1) is 0 Å². The number of carbonyl (C=O) groups excluding carboxylic acids is 1. The van der Waals surface area contributed by atoms with E-state index in [4.69, 9.17) is 8.85 Å². The van der Waals surface area contributed by atoms with Gasteiger partial charge in [0.05, 0.1) is 5.33 Å². The largest absolute Gasteiger partial charge is 0.541 e. The third-order valence-electron chi connectivity index (χ3n) is 5.69. The lowest BCUT2D eigenvalue weighted by atomic mass is 10.2. The van der Waals surface area contributed by atoms with E-state index in [1.165, 1.54) is 0 Å². The second kappa shape index (κ2) is 8.29. The Hall–Kier alpha value is -0.796. The van der Waals surface area contributed by atoms with Gasteiger partial charge in [-0.25, -0.2) is 0 Å². The van der Waals surface area contributed by atoms with Gasteiger partial charge in [0, 0.05) is 11.8 Å². The van der Waals surface area contributed by atoms with Crippen LogP contribution < -0.4 is 14.2 Å². The van der Waals surface area contributed by atoms with Gasteiger partial charge in [-0.15, -0.1) is 0 Å². The van der Waals surface area contributed by atoms with E-state index >= 15 is 0 Å². The summed E-state index contributed by atoms with van der Waals surface area (Å²) >= 11 is 3.19. The van der Waals surface area contributed by atoms with Crippen molar-refractivity contribution in [3.63, 3.8) is 0 Å². The lowest BCUT2D eigenvalue weighted by Crippen LogP contribution is -2.45. The number of hydrogen-bond donors (Lipinski definition) is 1. The van der Waals surface area contributed by atoms with Gasteiger partial charge in [0.15, 0.2) is 0 Å². The van der Waals surface area contributed by atoms with Gasteiger partial charge < -0.3 is 14.2 Å². The Morgan fingerprint density at radius 1 is 0.926 bits per heavy atom. The third-order valence-corrected chi connectivity index (χ3v) is 14.9. The van der Waals surface area contributed by atoms with E-state index in [0.29, 0.717) is 0 Å². The molecule has 1 aromatic rings. The Kier molecular flexibility index (Phi) is 7.44. The van der Waals surface area contributed by atoms with Crippen molar-refractivity contribution in [3.05, 3.63) is 18.2 Å². The molecule has 0 aliphatic rings. The van der Waals surface area contributed by atoms with Crippen molar-refractivity contribution in [1.29, 1.82) is 0 Å². The summed E-state index contributed by atoms with van der Waals surface area (Å²) in [5.41, 5.74) is 0.718. The Morgan fingerprint density at radius 3 is 1.78 bits per heavy atom. The summed E-state index contributed by atoms with van der Waals surface area (Å²) in [5, 5.41) is 3.29. The summed E-state index contributed by atoms with van der Waals surface area (Å²) in [5.74, 6) is 1.40. The smallest absolute Gasteiger partial charge is 0.250 e. The predicted molar refractivity (Wildman–Crippen MR) is 125 cm³/mol. The summed E-state index contributed by atoms with van der Waals surface area (Å²) in [6.07, 6.45) is 0. The molecule has 154 valence electrons. The molecular weight excluding hydrogens is 438 g/mol. The quantitative estimate of drug-likeness (QED) is 0.365. The molecule has 0 fully saturated rings. The zero-order chi connectivity index (χ0) is 21.3. The first-order valence-electron chi connectivity index (χ1n) is 9.38. The highest BCUT2D eigenvalue weighted by molar-refractivity contribution is 9.09. The number of amides is 1. The van der Waals surface area contributed by atoms with E-state index in [2.05, 4.69) is 89.0 Å². The summed E-state index contributed by atoms with van der Waals surface area (Å²) in [6, 6.07) is 5.69. The maximum absolute atomic E-state index is 11.8. The van der Waals surface area contributed by atoms with Gasteiger partial charge in [0.1, 0.15) is 11.5 Å². The van der Waals surface area contributed by atoms with Gasteiger partial charge in [0.25, 0.3) is 16.6 Å². The second-order valence-electron chi connectivity index (χ2n) is 10.1. The molecule has 0 aromatic heterocycles. The van der Waals surface area contributed by atoms with Crippen molar-refractivity contribution >= 4 is 44.2 Å². The van der Waals surface area contributed by atoms with E-state index in [0.717, 1.165) is 17.2 Å². The monoisotopic (exact) mass is 473 g/mol. The van der Waals surface area contributed by atoms with Crippen LogP contribution in [0.3, 0.4) is 0 Å². The molecule has 1 N–H and O–H groups in total. The van der Waals surface area contributed by atoms with E-state index in [-0.39, 0.29) is 21.3 Å². The van der Waals surface area contributed by atoms with Crippen LogP contribution in [0.1, 0.15) is 41.5 Å². The molecule has 1 aromatic carbocycles. The fraction of sp³-hybridized carbons (Fsp3) is 0.650. The minimum Gasteiger partial charge on any atom is -0.541 e. The van der Waals surface area contributed by atoms with E-state index in [1.54, 1.807) is 0 Å². The number of carbonyl (C=O) groups is 1. The standard InChI is InChI=1S/C20H36BrNO3Si2/c1-19(2,3)26(7,8)24-16-12-11-15(22-18(23)14-21)13-17(16)25-27(9,10)20(4,5)6/h11-13H,14H2,1-10H3,(H,22,23). The molecule has 1 amide bonds. The van der Waals surface area contributed by atoms with Crippen molar-refractivity contribution in [2.75, 3.05) is 10.6 Å². The number of halogens is 1. The average Bonchev–Trinajstić information content (AvgIpc) is 2.47. The highest BCUT2D eigenvalue weighted by Crippen LogP contribution is 2.44. The lowest BCUT2D eigenvalue weighted by molar-refractivity contribution is -0.113. The number of hydrogen-bond acceptors (Lipinski definition) is 3. The average molecular weight is 475 g/mol. The maximum atomic E-state index is 11.8. The molecule has 0 unspecified atom stereocenters. The number of benzene rings is 1. The Morgan fingerprint density at radius 2 is 1.37 bits per heavy atom. The van der Waals surface area contributed by atoms with E-state index in [1.807, 2.05) is 18.2 Å². The van der Waals surface area contributed by atoms with Crippen molar-refractivity contribution in [2.24, 2.45) is 0 Å². The molecule has 0 heterocycles. The third kappa shape index (κ3) is 6.36. The van der Waals surface area contributed by atoms with E-state index < -0.39 is 16.6 Å². The normalized spacial score (nSPS) is 13.3. The molecular formula is C20H36BrNO3Si2. The highest BCUT2D eigenvalue weighted by atomic mass is 79.9. The molecule has 0 radical (unpaired) electrons. The van der Waals surface area contributed by atoms with Gasteiger partial charge >= 0.3 is 0 Å². The minimum absolute atomic E-state index is 0.0658. The molecule has 27 heavy (non-hydrogen) atoms. The van der Waals surface area contributed by atoms with Crippen molar-refractivity contribution in [3.8, 4) is 11.5 Å². The van der Waals surface area contributed by atoms with E-state index in [9.17, 15) is 4.79 Å². The molecule has 1 rings (SSSR count). The van der Waals surface area contributed by atoms with Gasteiger partial charge in [-0.1, -0.05) is 57.5 Å². The lowest BCUT2D eigenvalue weighted by Gasteiger charge is -2.39. The Labute approximate surface area is 175 Å². The topological polar surface area (TPSA) is 47.6 Å². The zero-order valence-corrected chi connectivity index (χ0v) is 22.1. The number of alkyl halides is 1. The molecule has 0 saturated carbocycles. The summed E-state index contributed by atoms with van der Waals surface area (Å²) in [6.45, 7) is 22.2. The molecule has 0 atom stereocenters. The van der Waals surface area contributed by atoms with Gasteiger partial charge in [-0.2, -0.15) is 0 Å². The summed E-state index contributed by atoms with van der Waals surface area (Å²) < 4.78 is 13.1. The highest BCUT2D eigenvalue weighted by Gasteiger charge is 2.42. The Bertz CT molecular complexity index is 677. The molecule has 0 saturated heterocycles. The fourth-order valence-corrected chi connectivity index (χ4v) is 3.98. The molecule has 0 aliphatic heterocycles. The minimum atomic E-state index is -2.06. The van der Waals surface area contributed by atoms with Crippen LogP contribution in [0.2, 0.25) is 36.3 Å². The second-order valence-corrected chi connectivity index (χ2v) is 20.1. The molecule has 4 nitrogen and oxygen atoms in total. The van der Waals surface area contributed by atoms with Crippen LogP contribution in [0.4, 0.5) is 5.69 Å². The van der Waals surface area contributed by atoms with Crippen LogP contribution in [0.25, 0.3) is 0 Å². The van der Waals surface area contributed by atoms with Gasteiger partial charge in [-0.05, 0) is 48.4 Å². The summed E-state index contributed by atoms with van der Waals surface area (Å²) in [4.78, 5) is 11.8. The van der Waals surface area contributed by atoms with Crippen LogP contribution in [0.15, 0.2) is 18.2 Å². The zero-order valence-electron chi connectivity index (χ0n) is 18.5. The number of rotatable bonds is 6. The van der Waals surface area contributed by atoms with Crippen LogP contribution in [0.5, 0.6) is 11.5 Å². The first-order valence-corrected chi connectivity index (χ1v) is 16.3. The van der Waals surface area contributed by atoms with Crippen LogP contribution in [-0.2, 0) is 4.79 Å². The maximum Gasteiger partial charge on any atom is 0.250 e.